The lowest BCUT2D eigenvalue weighted by atomic mass is 10.1. The Balaban J connectivity index is 2.15. The summed E-state index contributed by atoms with van der Waals surface area (Å²) in [7, 11) is 0. The Labute approximate surface area is 124 Å². The number of rotatable bonds is 2. The number of aromatic nitrogens is 1. The van der Waals surface area contributed by atoms with Crippen molar-refractivity contribution in [2.75, 3.05) is 23.7 Å². The summed E-state index contributed by atoms with van der Waals surface area (Å²) < 4.78 is 2.46. The van der Waals surface area contributed by atoms with Crippen molar-refractivity contribution >= 4 is 40.1 Å². The van der Waals surface area contributed by atoms with E-state index in [1.54, 1.807) is 0 Å². The Morgan fingerprint density at radius 1 is 0.950 bits per heavy atom. The standard InChI is InChI=1S/C17H16N2S/c20-12-11-18-9-10-19-16-8-4-3-6-14(16)13-5-1-2-7-15(13)17(18)19/h1-8H,9-12H2/p+1. The average molecular weight is 281 g/mol. The first-order chi connectivity index (χ1) is 9.90. The molecule has 1 aliphatic heterocycles. The number of fused-ring (bicyclic) bond motifs is 6. The van der Waals surface area contributed by atoms with Crippen LogP contribution in [0, 0.1) is 0 Å². The zero-order chi connectivity index (χ0) is 13.5. The molecule has 0 bridgehead atoms. The third kappa shape index (κ3) is 1.63. The number of hydrogen-bond donors (Lipinski definition) is 1. The van der Waals surface area contributed by atoms with Gasteiger partial charge in [-0.3, -0.25) is 4.90 Å². The molecule has 2 aromatic carbocycles. The summed E-state index contributed by atoms with van der Waals surface area (Å²) in [5.41, 5.74) is 1.34. The third-order valence-electron chi connectivity index (χ3n) is 4.17. The number of hydrogen-bond acceptors (Lipinski definition) is 2. The molecule has 0 saturated carbocycles. The molecule has 0 aliphatic carbocycles. The molecule has 20 heavy (non-hydrogen) atoms. The number of para-hydroxylation sites is 1. The van der Waals surface area contributed by atoms with E-state index in [9.17, 15) is 0 Å². The van der Waals surface area contributed by atoms with Crippen molar-refractivity contribution in [1.29, 1.82) is 0 Å². The molecule has 0 radical (unpaired) electrons. The van der Waals surface area contributed by atoms with Crippen LogP contribution in [-0.2, 0) is 6.54 Å². The van der Waals surface area contributed by atoms with Crippen LogP contribution in [0.5, 0.6) is 0 Å². The second-order valence-electron chi connectivity index (χ2n) is 5.25. The van der Waals surface area contributed by atoms with Crippen LogP contribution in [0.3, 0.4) is 0 Å². The minimum Gasteiger partial charge on any atom is -0.256 e. The van der Waals surface area contributed by atoms with Crippen molar-refractivity contribution in [3.8, 4) is 0 Å². The Morgan fingerprint density at radius 3 is 2.45 bits per heavy atom. The Morgan fingerprint density at radius 2 is 1.65 bits per heavy atom. The van der Waals surface area contributed by atoms with E-state index in [0.29, 0.717) is 0 Å². The molecule has 0 fully saturated rings. The molecule has 0 saturated heterocycles. The molecule has 4 rings (SSSR count). The lowest BCUT2D eigenvalue weighted by Crippen LogP contribution is -2.32. The maximum atomic E-state index is 4.40. The smallest absolute Gasteiger partial charge is 0.256 e. The van der Waals surface area contributed by atoms with Gasteiger partial charge in [0.2, 0.25) is 0 Å². The fraction of sp³-hybridized carbons (Fsp3) is 0.235. The zero-order valence-corrected chi connectivity index (χ0v) is 12.2. The first kappa shape index (κ1) is 12.0. The molecule has 2 heterocycles. The van der Waals surface area contributed by atoms with E-state index >= 15 is 0 Å². The molecular formula is C17H17N2S+. The quantitative estimate of drug-likeness (QED) is 0.431. The topological polar surface area (TPSA) is 7.12 Å². The summed E-state index contributed by atoms with van der Waals surface area (Å²) in [6, 6.07) is 17.5. The van der Waals surface area contributed by atoms with Gasteiger partial charge in [-0.2, -0.15) is 12.6 Å². The van der Waals surface area contributed by atoms with Gasteiger partial charge in [0.05, 0.1) is 11.9 Å². The SMILES string of the molecule is SCCN1CC[n+]2c1c1ccccc1c1ccccc12. The lowest BCUT2D eigenvalue weighted by Gasteiger charge is -2.12. The second-order valence-corrected chi connectivity index (χ2v) is 5.70. The van der Waals surface area contributed by atoms with Crippen LogP contribution in [0.25, 0.3) is 21.7 Å². The summed E-state index contributed by atoms with van der Waals surface area (Å²) in [6.07, 6.45) is 0. The maximum absolute atomic E-state index is 4.40. The molecule has 1 aromatic heterocycles. The molecule has 2 nitrogen and oxygen atoms in total. The van der Waals surface area contributed by atoms with Gasteiger partial charge in [-0.05, 0) is 12.1 Å². The monoisotopic (exact) mass is 281 g/mol. The van der Waals surface area contributed by atoms with Gasteiger partial charge in [-0.15, -0.1) is 0 Å². The number of benzene rings is 2. The molecule has 100 valence electrons. The molecule has 1 aliphatic rings. The van der Waals surface area contributed by atoms with Gasteiger partial charge in [-0.25, -0.2) is 4.57 Å². The van der Waals surface area contributed by atoms with Crippen molar-refractivity contribution in [2.24, 2.45) is 0 Å². The summed E-state index contributed by atoms with van der Waals surface area (Å²) >= 11 is 4.40. The van der Waals surface area contributed by atoms with E-state index in [4.69, 9.17) is 0 Å². The number of anilines is 1. The van der Waals surface area contributed by atoms with E-state index in [-0.39, 0.29) is 0 Å². The molecule has 0 amide bonds. The van der Waals surface area contributed by atoms with E-state index in [1.807, 2.05) is 0 Å². The van der Waals surface area contributed by atoms with E-state index in [0.717, 1.165) is 25.4 Å². The lowest BCUT2D eigenvalue weighted by molar-refractivity contribution is -0.643. The zero-order valence-electron chi connectivity index (χ0n) is 11.3. The minimum absolute atomic E-state index is 0.890. The van der Waals surface area contributed by atoms with Gasteiger partial charge in [-0.1, -0.05) is 36.4 Å². The van der Waals surface area contributed by atoms with Crippen molar-refractivity contribution in [2.45, 2.75) is 6.54 Å². The highest BCUT2D eigenvalue weighted by Crippen LogP contribution is 2.31. The van der Waals surface area contributed by atoms with Crippen LogP contribution in [0.2, 0.25) is 0 Å². The highest BCUT2D eigenvalue weighted by Gasteiger charge is 2.31. The molecule has 0 spiro atoms. The largest absolute Gasteiger partial charge is 0.285 e. The van der Waals surface area contributed by atoms with Crippen LogP contribution in [0.15, 0.2) is 48.5 Å². The summed E-state index contributed by atoms with van der Waals surface area (Å²) in [6.45, 7) is 3.15. The van der Waals surface area contributed by atoms with Gasteiger partial charge in [0.15, 0.2) is 0 Å². The van der Waals surface area contributed by atoms with Crippen molar-refractivity contribution in [1.82, 2.24) is 0 Å². The van der Waals surface area contributed by atoms with Crippen LogP contribution in [0.4, 0.5) is 5.82 Å². The highest BCUT2D eigenvalue weighted by atomic mass is 32.1. The fourth-order valence-electron chi connectivity index (χ4n) is 3.34. The average Bonchev–Trinajstić information content (AvgIpc) is 2.92. The van der Waals surface area contributed by atoms with Crippen LogP contribution in [0.1, 0.15) is 0 Å². The van der Waals surface area contributed by atoms with Crippen LogP contribution < -0.4 is 9.47 Å². The van der Waals surface area contributed by atoms with Crippen molar-refractivity contribution in [3.63, 3.8) is 0 Å². The molecule has 0 N–H and O–H groups in total. The Hall–Kier alpha value is -1.74. The van der Waals surface area contributed by atoms with Gasteiger partial charge in [0, 0.05) is 16.5 Å². The predicted molar refractivity (Wildman–Crippen MR) is 87.7 cm³/mol. The molecule has 3 aromatic rings. The van der Waals surface area contributed by atoms with Gasteiger partial charge in [0.1, 0.15) is 18.6 Å². The van der Waals surface area contributed by atoms with Crippen molar-refractivity contribution < 1.29 is 4.57 Å². The van der Waals surface area contributed by atoms with E-state index in [2.05, 4.69) is 70.6 Å². The summed E-state index contributed by atoms with van der Waals surface area (Å²) in [5, 5.41) is 4.05. The molecule has 0 unspecified atom stereocenters. The minimum atomic E-state index is 0.890. The first-order valence-corrected chi connectivity index (χ1v) is 7.72. The third-order valence-corrected chi connectivity index (χ3v) is 4.37. The summed E-state index contributed by atoms with van der Waals surface area (Å²) in [5.74, 6) is 2.24. The highest BCUT2D eigenvalue weighted by molar-refractivity contribution is 7.80. The molecule has 3 heteroatoms. The van der Waals surface area contributed by atoms with E-state index in [1.165, 1.54) is 27.5 Å². The maximum Gasteiger partial charge on any atom is 0.285 e. The Kier molecular flexibility index (Phi) is 2.81. The molecular weight excluding hydrogens is 264 g/mol. The van der Waals surface area contributed by atoms with Gasteiger partial charge >= 0.3 is 0 Å². The Bertz CT molecular complexity index is 797. The normalized spacial score (nSPS) is 14.2. The second kappa shape index (κ2) is 4.67. The predicted octanol–water partition coefficient (Wildman–Crippen LogP) is 3.03. The van der Waals surface area contributed by atoms with Crippen molar-refractivity contribution in [3.05, 3.63) is 48.5 Å². The number of thiol groups is 1. The molecule has 0 atom stereocenters. The number of nitrogens with zero attached hydrogens (tertiary/aromatic N) is 2. The van der Waals surface area contributed by atoms with E-state index < -0.39 is 0 Å². The van der Waals surface area contributed by atoms with Crippen LogP contribution in [-0.4, -0.2) is 18.8 Å². The van der Waals surface area contributed by atoms with Crippen LogP contribution >= 0.6 is 12.6 Å². The van der Waals surface area contributed by atoms with Gasteiger partial charge in [0.25, 0.3) is 5.82 Å². The summed E-state index contributed by atoms with van der Waals surface area (Å²) in [4.78, 5) is 2.46. The first-order valence-electron chi connectivity index (χ1n) is 7.09. The fourth-order valence-corrected chi connectivity index (χ4v) is 3.58. The van der Waals surface area contributed by atoms with Gasteiger partial charge < -0.3 is 0 Å². The number of pyridine rings is 1.